The number of hydrogen-bond acceptors (Lipinski definition) is 2. The molecule has 1 aromatic heterocycles. The van der Waals surface area contributed by atoms with E-state index in [2.05, 4.69) is 20.9 Å². The van der Waals surface area contributed by atoms with Gasteiger partial charge in [0.15, 0.2) is 5.78 Å². The summed E-state index contributed by atoms with van der Waals surface area (Å²) in [5.74, 6) is -0.0102. The number of halogens is 2. The van der Waals surface area contributed by atoms with Crippen LogP contribution < -0.4 is 0 Å². The number of nitrogens with zero attached hydrogens (tertiary/aromatic N) is 1. The van der Waals surface area contributed by atoms with Crippen molar-refractivity contribution < 1.29 is 4.79 Å². The summed E-state index contributed by atoms with van der Waals surface area (Å²) in [6.45, 7) is 0. The Bertz CT molecular complexity index is 522. The first-order valence-corrected chi connectivity index (χ1v) is 6.21. The molecular weight excluding hydrogens is 302 g/mol. The summed E-state index contributed by atoms with van der Waals surface area (Å²) < 4.78 is 0.998. The van der Waals surface area contributed by atoms with E-state index in [9.17, 15) is 4.79 Å². The quantitative estimate of drug-likeness (QED) is 0.804. The van der Waals surface area contributed by atoms with E-state index in [1.54, 1.807) is 12.1 Å². The van der Waals surface area contributed by atoms with Gasteiger partial charge in [0.25, 0.3) is 0 Å². The van der Waals surface area contributed by atoms with E-state index in [0.717, 1.165) is 10.0 Å². The number of aromatic nitrogens is 1. The summed E-state index contributed by atoms with van der Waals surface area (Å²) in [4.78, 5) is 15.9. The van der Waals surface area contributed by atoms with Gasteiger partial charge in [0.1, 0.15) is 5.69 Å². The van der Waals surface area contributed by atoms with Crippen LogP contribution >= 0.6 is 27.5 Å². The molecule has 0 spiro atoms. The zero-order valence-electron chi connectivity index (χ0n) is 8.86. The van der Waals surface area contributed by atoms with Gasteiger partial charge in [0.05, 0.1) is 5.02 Å². The Morgan fingerprint density at radius 2 is 1.88 bits per heavy atom. The average Bonchev–Trinajstić information content (AvgIpc) is 2.33. The minimum absolute atomic E-state index is 0.0102. The normalized spacial score (nSPS) is 10.2. The third kappa shape index (κ3) is 3.38. The van der Waals surface area contributed by atoms with Gasteiger partial charge in [-0.2, -0.15) is 0 Å². The van der Waals surface area contributed by atoms with Gasteiger partial charge in [-0.25, -0.2) is 0 Å². The predicted octanol–water partition coefficient (Wildman–Crippen LogP) is 3.92. The number of carbonyl (C=O) groups is 1. The van der Waals surface area contributed by atoms with Gasteiger partial charge in [-0.1, -0.05) is 39.7 Å². The highest BCUT2D eigenvalue weighted by atomic mass is 79.9. The molecule has 2 rings (SSSR count). The van der Waals surface area contributed by atoms with Crippen LogP contribution in [0.3, 0.4) is 0 Å². The zero-order chi connectivity index (χ0) is 12.3. The van der Waals surface area contributed by atoms with Crippen LogP contribution in [0.25, 0.3) is 0 Å². The Hall–Kier alpha value is -1.19. The van der Waals surface area contributed by atoms with Crippen molar-refractivity contribution in [2.45, 2.75) is 6.42 Å². The van der Waals surface area contributed by atoms with Crippen molar-refractivity contribution in [3.63, 3.8) is 0 Å². The first-order valence-electron chi connectivity index (χ1n) is 5.04. The van der Waals surface area contributed by atoms with Crippen LogP contribution in [0, 0.1) is 0 Å². The number of carbonyl (C=O) groups excluding carboxylic acids is 1. The lowest BCUT2D eigenvalue weighted by atomic mass is 10.1. The molecule has 0 bridgehead atoms. The lowest BCUT2D eigenvalue weighted by Gasteiger charge is -2.01. The highest BCUT2D eigenvalue weighted by Gasteiger charge is 2.08. The number of ketones is 1. The van der Waals surface area contributed by atoms with Crippen LogP contribution in [0.2, 0.25) is 5.02 Å². The van der Waals surface area contributed by atoms with Crippen LogP contribution in [-0.4, -0.2) is 10.8 Å². The second kappa shape index (κ2) is 5.43. The number of benzene rings is 1. The van der Waals surface area contributed by atoms with Crippen molar-refractivity contribution in [1.82, 2.24) is 4.98 Å². The summed E-state index contributed by atoms with van der Waals surface area (Å²) in [6.07, 6.45) is 1.83. The Morgan fingerprint density at radius 3 is 2.47 bits per heavy atom. The summed E-state index contributed by atoms with van der Waals surface area (Å²) in [7, 11) is 0. The second-order valence-electron chi connectivity index (χ2n) is 3.59. The van der Waals surface area contributed by atoms with E-state index in [4.69, 9.17) is 11.6 Å². The molecule has 0 saturated heterocycles. The molecule has 0 fully saturated rings. The van der Waals surface area contributed by atoms with Gasteiger partial charge in [0.2, 0.25) is 0 Å². The van der Waals surface area contributed by atoms with E-state index in [1.807, 2.05) is 24.3 Å². The predicted molar refractivity (Wildman–Crippen MR) is 71.4 cm³/mol. The molecule has 2 nitrogen and oxygen atoms in total. The average molecular weight is 311 g/mol. The summed E-state index contributed by atoms with van der Waals surface area (Å²) in [5, 5.41) is 0.533. The fourth-order valence-corrected chi connectivity index (χ4v) is 1.80. The maximum atomic E-state index is 11.9. The van der Waals surface area contributed by atoms with Crippen molar-refractivity contribution in [2.75, 3.05) is 0 Å². The van der Waals surface area contributed by atoms with Gasteiger partial charge in [-0.05, 0) is 29.8 Å². The van der Waals surface area contributed by atoms with Gasteiger partial charge >= 0.3 is 0 Å². The molecule has 0 aliphatic heterocycles. The number of hydrogen-bond donors (Lipinski definition) is 0. The molecule has 1 heterocycles. The Kier molecular flexibility index (Phi) is 3.92. The molecule has 0 aliphatic rings. The Balaban J connectivity index is 2.11. The number of pyridine rings is 1. The van der Waals surface area contributed by atoms with E-state index < -0.39 is 0 Å². The minimum atomic E-state index is -0.0102. The molecular formula is C13H9BrClNO. The van der Waals surface area contributed by atoms with Crippen molar-refractivity contribution in [1.29, 1.82) is 0 Å². The number of Topliss-reactive ketones (excluding diaryl/α,β-unsaturated/α-hetero) is 1. The summed E-state index contributed by atoms with van der Waals surface area (Å²) in [6, 6.07) is 11.0. The van der Waals surface area contributed by atoms with Crippen molar-refractivity contribution in [2.24, 2.45) is 0 Å². The Morgan fingerprint density at radius 1 is 1.18 bits per heavy atom. The largest absolute Gasteiger partial charge is 0.292 e. The van der Waals surface area contributed by atoms with Gasteiger partial charge in [-0.3, -0.25) is 9.78 Å². The molecule has 0 N–H and O–H groups in total. The van der Waals surface area contributed by atoms with Crippen molar-refractivity contribution >= 4 is 33.3 Å². The van der Waals surface area contributed by atoms with Crippen molar-refractivity contribution in [3.05, 3.63) is 63.3 Å². The minimum Gasteiger partial charge on any atom is -0.292 e. The molecule has 0 aliphatic carbocycles. The fraction of sp³-hybridized carbons (Fsp3) is 0.0769. The lowest BCUT2D eigenvalue weighted by Crippen LogP contribution is -2.05. The molecule has 17 heavy (non-hydrogen) atoms. The molecule has 86 valence electrons. The molecule has 0 amide bonds. The smallest absolute Gasteiger partial charge is 0.185 e. The lowest BCUT2D eigenvalue weighted by molar-refractivity contribution is 0.0988. The molecule has 0 saturated carbocycles. The van der Waals surface area contributed by atoms with Gasteiger partial charge < -0.3 is 0 Å². The Labute approximate surface area is 113 Å². The van der Waals surface area contributed by atoms with Gasteiger partial charge in [0, 0.05) is 17.1 Å². The standard InChI is InChI=1S/C13H9BrClNO/c14-10-3-1-9(2-4-10)7-13(17)12-6-5-11(15)8-16-12/h1-6,8H,7H2. The molecule has 1 aromatic carbocycles. The number of rotatable bonds is 3. The van der Waals surface area contributed by atoms with Crippen molar-refractivity contribution in [3.8, 4) is 0 Å². The summed E-state index contributed by atoms with van der Waals surface area (Å²) >= 11 is 9.07. The third-order valence-corrected chi connectivity index (χ3v) is 3.04. The molecule has 2 aromatic rings. The highest BCUT2D eigenvalue weighted by Crippen LogP contribution is 2.13. The first-order chi connectivity index (χ1) is 8.15. The third-order valence-electron chi connectivity index (χ3n) is 2.29. The zero-order valence-corrected chi connectivity index (χ0v) is 11.2. The van der Waals surface area contributed by atoms with Crippen LogP contribution in [0.15, 0.2) is 47.1 Å². The fourth-order valence-electron chi connectivity index (χ4n) is 1.42. The van der Waals surface area contributed by atoms with Crippen LogP contribution in [0.5, 0.6) is 0 Å². The topological polar surface area (TPSA) is 30.0 Å². The van der Waals surface area contributed by atoms with E-state index in [-0.39, 0.29) is 5.78 Å². The summed E-state index contributed by atoms with van der Waals surface area (Å²) in [5.41, 5.74) is 1.41. The van der Waals surface area contributed by atoms with Gasteiger partial charge in [-0.15, -0.1) is 0 Å². The second-order valence-corrected chi connectivity index (χ2v) is 4.94. The van der Waals surface area contributed by atoms with Crippen LogP contribution in [0.4, 0.5) is 0 Å². The van der Waals surface area contributed by atoms with E-state index in [1.165, 1.54) is 6.20 Å². The first kappa shape index (κ1) is 12.3. The molecule has 0 radical (unpaired) electrons. The van der Waals surface area contributed by atoms with E-state index >= 15 is 0 Å². The maximum absolute atomic E-state index is 11.9. The monoisotopic (exact) mass is 309 g/mol. The van der Waals surface area contributed by atoms with E-state index in [0.29, 0.717) is 17.1 Å². The SMILES string of the molecule is O=C(Cc1ccc(Br)cc1)c1ccc(Cl)cn1. The van der Waals surface area contributed by atoms with Crippen LogP contribution in [0.1, 0.15) is 16.1 Å². The van der Waals surface area contributed by atoms with Crippen LogP contribution in [-0.2, 0) is 6.42 Å². The highest BCUT2D eigenvalue weighted by molar-refractivity contribution is 9.10. The molecule has 4 heteroatoms. The molecule has 0 atom stereocenters. The molecule has 0 unspecified atom stereocenters. The maximum Gasteiger partial charge on any atom is 0.185 e.